The molecular weight excluding hydrogens is 417 g/mol. The van der Waals surface area contributed by atoms with Crippen molar-refractivity contribution in [2.24, 2.45) is 5.73 Å². The average molecular weight is 434 g/mol. The van der Waals surface area contributed by atoms with E-state index in [2.05, 4.69) is 31.9 Å². The molecule has 0 radical (unpaired) electrons. The highest BCUT2D eigenvalue weighted by atomic mass is 79.9. The molecule has 0 saturated heterocycles. The van der Waals surface area contributed by atoms with Gasteiger partial charge in [0.05, 0.1) is 5.02 Å². The SMILES string of the molecule is CCC(N)C(Oc1ccc(Br)cc1Cl)c1cccc(Br)c1. The number of rotatable bonds is 5. The highest BCUT2D eigenvalue weighted by Gasteiger charge is 2.21. The third kappa shape index (κ3) is 4.46. The van der Waals surface area contributed by atoms with Gasteiger partial charge in [-0.15, -0.1) is 0 Å². The second-order valence-corrected chi connectivity index (χ2v) is 6.98. The van der Waals surface area contributed by atoms with Crippen LogP contribution >= 0.6 is 43.5 Å². The number of nitrogens with two attached hydrogens (primary N) is 1. The third-order valence-corrected chi connectivity index (χ3v) is 4.47. The Balaban J connectivity index is 2.33. The summed E-state index contributed by atoms with van der Waals surface area (Å²) >= 11 is 13.1. The molecule has 5 heteroatoms. The first kappa shape index (κ1) is 16.8. The first-order chi connectivity index (χ1) is 10.0. The summed E-state index contributed by atoms with van der Waals surface area (Å²) in [5.74, 6) is 0.633. The second kappa shape index (κ2) is 7.63. The number of halogens is 3. The summed E-state index contributed by atoms with van der Waals surface area (Å²) in [6.45, 7) is 2.04. The minimum Gasteiger partial charge on any atom is -0.483 e. The summed E-state index contributed by atoms with van der Waals surface area (Å²) in [4.78, 5) is 0. The Morgan fingerprint density at radius 1 is 1.14 bits per heavy atom. The van der Waals surface area contributed by atoms with Crippen LogP contribution in [0.25, 0.3) is 0 Å². The molecule has 2 aromatic carbocycles. The summed E-state index contributed by atoms with van der Waals surface area (Å²) in [5.41, 5.74) is 7.26. The minimum atomic E-state index is -0.244. The minimum absolute atomic E-state index is 0.112. The molecule has 112 valence electrons. The Kier molecular flexibility index (Phi) is 6.11. The van der Waals surface area contributed by atoms with Gasteiger partial charge in [0.2, 0.25) is 0 Å². The van der Waals surface area contributed by atoms with Crippen LogP contribution in [-0.4, -0.2) is 6.04 Å². The van der Waals surface area contributed by atoms with Crippen molar-refractivity contribution in [3.8, 4) is 5.75 Å². The quantitative estimate of drug-likeness (QED) is 0.654. The van der Waals surface area contributed by atoms with Gasteiger partial charge in [-0.2, -0.15) is 0 Å². The van der Waals surface area contributed by atoms with Gasteiger partial charge < -0.3 is 10.5 Å². The summed E-state index contributed by atoms with van der Waals surface area (Å²) in [7, 11) is 0. The fourth-order valence-corrected chi connectivity index (χ4v) is 3.14. The van der Waals surface area contributed by atoms with E-state index in [4.69, 9.17) is 22.1 Å². The smallest absolute Gasteiger partial charge is 0.139 e. The number of hydrogen-bond acceptors (Lipinski definition) is 2. The van der Waals surface area contributed by atoms with Crippen molar-refractivity contribution in [3.63, 3.8) is 0 Å². The van der Waals surface area contributed by atoms with Gasteiger partial charge in [0.25, 0.3) is 0 Å². The van der Waals surface area contributed by atoms with Crippen LogP contribution in [-0.2, 0) is 0 Å². The first-order valence-electron chi connectivity index (χ1n) is 6.64. The zero-order valence-electron chi connectivity index (χ0n) is 11.5. The molecule has 0 bridgehead atoms. The lowest BCUT2D eigenvalue weighted by Gasteiger charge is -2.25. The van der Waals surface area contributed by atoms with Gasteiger partial charge >= 0.3 is 0 Å². The van der Waals surface area contributed by atoms with Crippen LogP contribution in [0.1, 0.15) is 25.0 Å². The monoisotopic (exact) mass is 431 g/mol. The van der Waals surface area contributed by atoms with Crippen LogP contribution < -0.4 is 10.5 Å². The van der Waals surface area contributed by atoms with E-state index in [9.17, 15) is 0 Å². The molecule has 0 amide bonds. The molecule has 2 aromatic rings. The zero-order chi connectivity index (χ0) is 15.4. The average Bonchev–Trinajstić information content (AvgIpc) is 2.45. The third-order valence-electron chi connectivity index (χ3n) is 3.19. The van der Waals surface area contributed by atoms with Crippen molar-refractivity contribution in [1.29, 1.82) is 0 Å². The van der Waals surface area contributed by atoms with Gasteiger partial charge in [0.1, 0.15) is 11.9 Å². The van der Waals surface area contributed by atoms with E-state index in [1.54, 1.807) is 0 Å². The molecule has 0 spiro atoms. The fourth-order valence-electron chi connectivity index (χ4n) is 2.01. The Morgan fingerprint density at radius 3 is 2.48 bits per heavy atom. The summed E-state index contributed by atoms with van der Waals surface area (Å²) in [6.07, 6.45) is 0.567. The van der Waals surface area contributed by atoms with Gasteiger partial charge in [-0.25, -0.2) is 0 Å². The fraction of sp³-hybridized carbons (Fsp3) is 0.250. The Labute approximate surface area is 146 Å². The van der Waals surface area contributed by atoms with E-state index in [1.165, 1.54) is 0 Å². The molecule has 0 aliphatic carbocycles. The molecule has 2 rings (SSSR count). The number of hydrogen-bond donors (Lipinski definition) is 1. The molecule has 0 aliphatic rings. The van der Waals surface area contributed by atoms with Gasteiger partial charge in [-0.1, -0.05) is 62.5 Å². The molecule has 2 unspecified atom stereocenters. The van der Waals surface area contributed by atoms with Gasteiger partial charge in [0.15, 0.2) is 0 Å². The maximum atomic E-state index is 6.24. The molecular formula is C16H16Br2ClNO. The van der Waals surface area contributed by atoms with E-state index in [0.29, 0.717) is 10.8 Å². The van der Waals surface area contributed by atoms with Crippen molar-refractivity contribution in [2.45, 2.75) is 25.5 Å². The maximum absolute atomic E-state index is 6.24. The predicted molar refractivity (Wildman–Crippen MR) is 94.9 cm³/mol. The molecule has 0 fully saturated rings. The van der Waals surface area contributed by atoms with Crippen LogP contribution in [0.4, 0.5) is 0 Å². The van der Waals surface area contributed by atoms with Gasteiger partial charge in [0, 0.05) is 15.0 Å². The van der Waals surface area contributed by atoms with Crippen LogP contribution in [0.2, 0.25) is 5.02 Å². The summed E-state index contributed by atoms with van der Waals surface area (Å²) in [6, 6.07) is 13.4. The van der Waals surface area contributed by atoms with E-state index < -0.39 is 0 Å². The van der Waals surface area contributed by atoms with Crippen LogP contribution in [0.15, 0.2) is 51.4 Å². The van der Waals surface area contributed by atoms with Crippen LogP contribution in [0, 0.1) is 0 Å². The van der Waals surface area contributed by atoms with Gasteiger partial charge in [-0.05, 0) is 42.3 Å². The molecule has 21 heavy (non-hydrogen) atoms. The molecule has 2 atom stereocenters. The number of ether oxygens (including phenoxy) is 1. The number of benzene rings is 2. The van der Waals surface area contributed by atoms with Gasteiger partial charge in [-0.3, -0.25) is 0 Å². The highest BCUT2D eigenvalue weighted by Crippen LogP contribution is 2.33. The molecule has 2 N–H and O–H groups in total. The van der Waals surface area contributed by atoms with Crippen LogP contribution in [0.3, 0.4) is 0 Å². The summed E-state index contributed by atoms with van der Waals surface area (Å²) < 4.78 is 8.01. The normalized spacial score (nSPS) is 13.8. The molecule has 0 aromatic heterocycles. The van der Waals surface area contributed by atoms with Crippen molar-refractivity contribution >= 4 is 43.5 Å². The lowest BCUT2D eigenvalue weighted by Crippen LogP contribution is -2.31. The zero-order valence-corrected chi connectivity index (χ0v) is 15.5. The van der Waals surface area contributed by atoms with E-state index >= 15 is 0 Å². The Morgan fingerprint density at radius 2 is 1.86 bits per heavy atom. The predicted octanol–water partition coefficient (Wildman–Crippen LogP) is 5.72. The van der Waals surface area contributed by atoms with Crippen LogP contribution in [0.5, 0.6) is 5.75 Å². The van der Waals surface area contributed by atoms with E-state index in [1.807, 2.05) is 49.4 Å². The highest BCUT2D eigenvalue weighted by molar-refractivity contribution is 9.10. The standard InChI is InChI=1S/C16H16Br2ClNO/c1-2-14(20)16(10-4-3-5-11(17)8-10)21-15-7-6-12(18)9-13(15)19/h3-9,14,16H,2,20H2,1H3. The topological polar surface area (TPSA) is 35.2 Å². The maximum Gasteiger partial charge on any atom is 0.139 e. The van der Waals surface area contributed by atoms with E-state index in [-0.39, 0.29) is 12.1 Å². The largest absolute Gasteiger partial charge is 0.483 e. The molecule has 2 nitrogen and oxygen atoms in total. The van der Waals surface area contributed by atoms with E-state index in [0.717, 1.165) is 20.9 Å². The summed E-state index contributed by atoms with van der Waals surface area (Å²) in [5, 5.41) is 0.563. The molecule has 0 heterocycles. The van der Waals surface area contributed by atoms with Crippen molar-refractivity contribution < 1.29 is 4.74 Å². The molecule has 0 aliphatic heterocycles. The van der Waals surface area contributed by atoms with Crippen molar-refractivity contribution in [3.05, 3.63) is 62.0 Å². The van der Waals surface area contributed by atoms with Crippen molar-refractivity contribution in [1.82, 2.24) is 0 Å². The Bertz CT molecular complexity index is 621. The lowest BCUT2D eigenvalue weighted by molar-refractivity contribution is 0.171. The molecule has 0 saturated carbocycles. The van der Waals surface area contributed by atoms with Crippen molar-refractivity contribution in [2.75, 3.05) is 0 Å². The Hall–Kier alpha value is -0.550. The first-order valence-corrected chi connectivity index (χ1v) is 8.60. The second-order valence-electron chi connectivity index (χ2n) is 4.74. The lowest BCUT2D eigenvalue weighted by atomic mass is 10.0.